The van der Waals surface area contributed by atoms with Gasteiger partial charge in [-0.05, 0) is 18.1 Å². The van der Waals surface area contributed by atoms with Crippen molar-refractivity contribution in [3.05, 3.63) is 70.1 Å². The fraction of sp³-hybridized carbons (Fsp3) is 0.286. The molecule has 6 nitrogen and oxygen atoms in total. The van der Waals surface area contributed by atoms with E-state index in [9.17, 15) is 9.59 Å². The fourth-order valence-electron chi connectivity index (χ4n) is 2.89. The molecule has 1 aromatic heterocycles. The van der Waals surface area contributed by atoms with Gasteiger partial charge < -0.3 is 9.47 Å². The predicted molar refractivity (Wildman–Crippen MR) is 103 cm³/mol. The van der Waals surface area contributed by atoms with Crippen LogP contribution in [0.3, 0.4) is 0 Å². The van der Waals surface area contributed by atoms with Crippen LogP contribution in [0, 0.1) is 5.92 Å². The number of ether oxygens (including phenoxy) is 2. The van der Waals surface area contributed by atoms with E-state index in [1.807, 2.05) is 32.0 Å². The minimum atomic E-state index is -0.574. The number of esters is 1. The van der Waals surface area contributed by atoms with Crippen molar-refractivity contribution in [1.29, 1.82) is 0 Å². The van der Waals surface area contributed by atoms with E-state index in [0.29, 0.717) is 23.1 Å². The van der Waals surface area contributed by atoms with Gasteiger partial charge in [-0.1, -0.05) is 50.2 Å². The highest BCUT2D eigenvalue weighted by atomic mass is 16.5. The third-order valence-corrected chi connectivity index (χ3v) is 4.15. The number of benzene rings is 2. The van der Waals surface area contributed by atoms with Gasteiger partial charge in [0.15, 0.2) is 5.69 Å². The van der Waals surface area contributed by atoms with Crippen LogP contribution in [0.15, 0.2) is 53.3 Å². The molecule has 0 amide bonds. The number of hydrogen-bond acceptors (Lipinski definition) is 5. The molecule has 0 N–H and O–H groups in total. The Labute approximate surface area is 157 Å². The van der Waals surface area contributed by atoms with Gasteiger partial charge >= 0.3 is 5.97 Å². The molecule has 0 fully saturated rings. The molecule has 0 unspecified atom stereocenters. The van der Waals surface area contributed by atoms with Gasteiger partial charge in [-0.15, -0.1) is 0 Å². The lowest BCUT2D eigenvalue weighted by molar-refractivity contribution is 0.0462. The highest BCUT2D eigenvalue weighted by Gasteiger charge is 2.19. The molecule has 140 valence electrons. The molecule has 0 saturated carbocycles. The molecule has 0 spiro atoms. The summed E-state index contributed by atoms with van der Waals surface area (Å²) in [6.07, 6.45) is 0. The Morgan fingerprint density at radius 2 is 1.74 bits per heavy atom. The molecule has 3 rings (SSSR count). The maximum absolute atomic E-state index is 12.7. The summed E-state index contributed by atoms with van der Waals surface area (Å²) in [5.41, 5.74) is 0.689. The Hall–Kier alpha value is -3.15. The molecular weight excluding hydrogens is 344 g/mol. The molecule has 0 radical (unpaired) electrons. The van der Waals surface area contributed by atoms with Crippen molar-refractivity contribution < 1.29 is 14.3 Å². The molecule has 2 aromatic carbocycles. The maximum Gasteiger partial charge on any atom is 0.359 e. The summed E-state index contributed by atoms with van der Waals surface area (Å²) in [6, 6.07) is 14.3. The maximum atomic E-state index is 12.7. The van der Waals surface area contributed by atoms with E-state index in [2.05, 4.69) is 5.10 Å². The number of aromatic nitrogens is 2. The quantitative estimate of drug-likeness (QED) is 0.625. The Morgan fingerprint density at radius 1 is 1.07 bits per heavy atom. The van der Waals surface area contributed by atoms with Gasteiger partial charge in [0.05, 0.1) is 12.5 Å². The highest BCUT2D eigenvalue weighted by Crippen LogP contribution is 2.20. The molecule has 1 heterocycles. The van der Waals surface area contributed by atoms with Crippen molar-refractivity contribution in [1.82, 2.24) is 9.78 Å². The molecule has 0 atom stereocenters. The van der Waals surface area contributed by atoms with Gasteiger partial charge in [0.25, 0.3) is 5.56 Å². The topological polar surface area (TPSA) is 70.4 Å². The fourth-order valence-corrected chi connectivity index (χ4v) is 2.89. The van der Waals surface area contributed by atoms with E-state index in [1.165, 1.54) is 4.68 Å². The van der Waals surface area contributed by atoms with Crippen LogP contribution in [0.4, 0.5) is 0 Å². The van der Waals surface area contributed by atoms with Crippen LogP contribution in [0.25, 0.3) is 10.8 Å². The van der Waals surface area contributed by atoms with Crippen molar-refractivity contribution in [3.63, 3.8) is 0 Å². The summed E-state index contributed by atoms with van der Waals surface area (Å²) < 4.78 is 12.1. The van der Waals surface area contributed by atoms with Crippen LogP contribution in [0.5, 0.6) is 5.75 Å². The first-order chi connectivity index (χ1) is 13.0. The summed E-state index contributed by atoms with van der Waals surface area (Å²) in [4.78, 5) is 25.4. The van der Waals surface area contributed by atoms with E-state index in [0.717, 1.165) is 5.56 Å². The normalized spacial score (nSPS) is 11.0. The van der Waals surface area contributed by atoms with Crippen molar-refractivity contribution in [2.75, 3.05) is 7.11 Å². The lowest BCUT2D eigenvalue weighted by Crippen LogP contribution is -2.28. The summed E-state index contributed by atoms with van der Waals surface area (Å²) in [5, 5.41) is 5.24. The number of fused-ring (bicyclic) bond motifs is 1. The van der Waals surface area contributed by atoms with Gasteiger partial charge in [-0.25, -0.2) is 9.48 Å². The van der Waals surface area contributed by atoms with Crippen molar-refractivity contribution in [3.8, 4) is 5.75 Å². The molecule has 0 saturated heterocycles. The van der Waals surface area contributed by atoms with Crippen LogP contribution in [0.1, 0.15) is 29.9 Å². The van der Waals surface area contributed by atoms with Gasteiger partial charge in [0.1, 0.15) is 12.4 Å². The second-order valence-electron chi connectivity index (χ2n) is 6.66. The number of rotatable bonds is 6. The van der Waals surface area contributed by atoms with Crippen LogP contribution in [-0.4, -0.2) is 22.9 Å². The third kappa shape index (κ3) is 4.00. The number of nitrogens with zero attached hydrogens (tertiary/aromatic N) is 2. The molecule has 3 aromatic rings. The predicted octanol–water partition coefficient (Wildman–Crippen LogP) is 3.42. The van der Waals surface area contributed by atoms with Gasteiger partial charge in [0, 0.05) is 17.5 Å². The monoisotopic (exact) mass is 366 g/mol. The second-order valence-corrected chi connectivity index (χ2v) is 6.66. The summed E-state index contributed by atoms with van der Waals surface area (Å²) in [7, 11) is 1.57. The minimum Gasteiger partial charge on any atom is -0.496 e. The van der Waals surface area contributed by atoms with E-state index in [1.54, 1.807) is 37.4 Å². The van der Waals surface area contributed by atoms with Gasteiger partial charge in [0.2, 0.25) is 0 Å². The number of hydrogen-bond donors (Lipinski definition) is 0. The molecule has 0 aliphatic carbocycles. The highest BCUT2D eigenvalue weighted by molar-refractivity contribution is 6.02. The number of methoxy groups -OCH3 is 1. The van der Waals surface area contributed by atoms with E-state index in [-0.39, 0.29) is 23.8 Å². The van der Waals surface area contributed by atoms with Crippen LogP contribution >= 0.6 is 0 Å². The Morgan fingerprint density at radius 3 is 2.44 bits per heavy atom. The Kier molecular flexibility index (Phi) is 5.54. The van der Waals surface area contributed by atoms with Crippen molar-refractivity contribution in [2.45, 2.75) is 27.0 Å². The van der Waals surface area contributed by atoms with Gasteiger partial charge in [-0.3, -0.25) is 4.79 Å². The smallest absolute Gasteiger partial charge is 0.359 e. The van der Waals surface area contributed by atoms with E-state index < -0.39 is 5.97 Å². The van der Waals surface area contributed by atoms with Crippen LogP contribution in [-0.2, 0) is 17.9 Å². The SMILES string of the molecule is COc1ccccc1COC(=O)c1nn(CC(C)C)c(=O)c2ccccc12. The zero-order chi connectivity index (χ0) is 19.4. The molecule has 6 heteroatoms. The molecule has 27 heavy (non-hydrogen) atoms. The summed E-state index contributed by atoms with van der Waals surface area (Å²) >= 11 is 0. The molecule has 0 aliphatic heterocycles. The lowest BCUT2D eigenvalue weighted by atomic mass is 10.1. The first-order valence-electron chi connectivity index (χ1n) is 8.80. The Balaban J connectivity index is 1.96. The van der Waals surface area contributed by atoms with Crippen LogP contribution < -0.4 is 10.3 Å². The van der Waals surface area contributed by atoms with E-state index >= 15 is 0 Å². The first-order valence-corrected chi connectivity index (χ1v) is 8.80. The minimum absolute atomic E-state index is 0.0577. The largest absolute Gasteiger partial charge is 0.496 e. The first kappa shape index (κ1) is 18.6. The number of carbonyl (C=O) groups excluding carboxylic acids is 1. The third-order valence-electron chi connectivity index (χ3n) is 4.15. The van der Waals surface area contributed by atoms with E-state index in [4.69, 9.17) is 9.47 Å². The van der Waals surface area contributed by atoms with Gasteiger partial charge in [-0.2, -0.15) is 5.10 Å². The standard InChI is InChI=1S/C21H22N2O4/c1-14(2)12-23-20(24)17-10-6-5-9-16(17)19(22-23)21(25)27-13-15-8-4-7-11-18(15)26-3/h4-11,14H,12-13H2,1-3H3. The second kappa shape index (κ2) is 8.03. The molecular formula is C21H22N2O4. The van der Waals surface area contributed by atoms with Crippen LogP contribution in [0.2, 0.25) is 0 Å². The zero-order valence-electron chi connectivity index (χ0n) is 15.6. The van der Waals surface area contributed by atoms with Crippen molar-refractivity contribution in [2.24, 2.45) is 5.92 Å². The average molecular weight is 366 g/mol. The summed E-state index contributed by atoms with van der Waals surface area (Å²) in [6.45, 7) is 4.46. The lowest BCUT2D eigenvalue weighted by Gasteiger charge is -2.13. The Bertz CT molecular complexity index is 1020. The summed E-state index contributed by atoms with van der Waals surface area (Å²) in [5.74, 6) is 0.288. The number of para-hydroxylation sites is 1. The molecule has 0 bridgehead atoms. The molecule has 0 aliphatic rings. The number of carbonyl (C=O) groups is 1. The average Bonchev–Trinajstić information content (AvgIpc) is 2.68. The van der Waals surface area contributed by atoms with Crippen molar-refractivity contribution >= 4 is 16.7 Å². The zero-order valence-corrected chi connectivity index (χ0v) is 15.6.